The van der Waals surface area contributed by atoms with Gasteiger partial charge in [-0.05, 0) is 55.3 Å². The Kier molecular flexibility index (Phi) is 8.96. The molecule has 2 aromatic rings. The van der Waals surface area contributed by atoms with Crippen LogP contribution in [0.2, 0.25) is 10.0 Å². The van der Waals surface area contributed by atoms with Crippen molar-refractivity contribution in [1.82, 2.24) is 5.32 Å². The van der Waals surface area contributed by atoms with Crippen molar-refractivity contribution in [3.8, 4) is 0 Å². The van der Waals surface area contributed by atoms with Gasteiger partial charge in [0.2, 0.25) is 0 Å². The van der Waals surface area contributed by atoms with Gasteiger partial charge in [0.15, 0.2) is 0 Å². The summed E-state index contributed by atoms with van der Waals surface area (Å²) in [5.41, 5.74) is 1.38. The Labute approximate surface area is 179 Å². The van der Waals surface area contributed by atoms with Crippen LogP contribution < -0.4 is 10.6 Å². The number of methoxy groups -OCH3 is 1. The van der Waals surface area contributed by atoms with Crippen molar-refractivity contribution in [2.45, 2.75) is 25.7 Å². The number of rotatable bonds is 9. The number of carbonyl (C=O) groups excluding carboxylic acids is 3. The minimum absolute atomic E-state index is 0.197. The summed E-state index contributed by atoms with van der Waals surface area (Å²) >= 11 is 11.8. The van der Waals surface area contributed by atoms with E-state index in [-0.39, 0.29) is 17.8 Å². The maximum Gasteiger partial charge on any atom is 0.305 e. The highest BCUT2D eigenvalue weighted by atomic mass is 35.5. The zero-order valence-corrected chi connectivity index (χ0v) is 17.5. The summed E-state index contributed by atoms with van der Waals surface area (Å²) in [4.78, 5) is 35.5. The van der Waals surface area contributed by atoms with Gasteiger partial charge in [0.05, 0.1) is 7.11 Å². The van der Waals surface area contributed by atoms with Crippen LogP contribution in [0.1, 0.15) is 46.4 Å². The van der Waals surface area contributed by atoms with Gasteiger partial charge in [-0.3, -0.25) is 14.4 Å². The van der Waals surface area contributed by atoms with E-state index in [0.29, 0.717) is 39.8 Å². The van der Waals surface area contributed by atoms with E-state index in [1.165, 1.54) is 19.2 Å². The Hall–Kier alpha value is -2.57. The quantitative estimate of drug-likeness (QED) is 0.440. The van der Waals surface area contributed by atoms with Gasteiger partial charge in [0.1, 0.15) is 0 Å². The van der Waals surface area contributed by atoms with Crippen LogP contribution in [0, 0.1) is 0 Å². The van der Waals surface area contributed by atoms with Gasteiger partial charge in [-0.1, -0.05) is 29.6 Å². The Morgan fingerprint density at radius 1 is 0.862 bits per heavy atom. The predicted molar refractivity (Wildman–Crippen MR) is 114 cm³/mol. The maximum absolute atomic E-state index is 12.3. The van der Waals surface area contributed by atoms with E-state index in [9.17, 15) is 14.4 Å². The molecule has 154 valence electrons. The van der Waals surface area contributed by atoms with Gasteiger partial charge in [0, 0.05) is 39.8 Å². The third-order valence-electron chi connectivity index (χ3n) is 4.10. The van der Waals surface area contributed by atoms with Gasteiger partial charge in [0.25, 0.3) is 11.8 Å². The van der Waals surface area contributed by atoms with E-state index in [1.54, 1.807) is 30.3 Å². The molecule has 2 rings (SSSR count). The lowest BCUT2D eigenvalue weighted by atomic mass is 10.1. The fourth-order valence-electron chi connectivity index (χ4n) is 2.57. The highest BCUT2D eigenvalue weighted by molar-refractivity contribution is 6.35. The number of halogens is 2. The SMILES string of the molecule is COC(=O)CCCCCNC(=O)c1ccc(NC(=O)c2cc(Cl)cc(Cl)c2)cc1. The summed E-state index contributed by atoms with van der Waals surface area (Å²) in [6.07, 6.45) is 2.72. The zero-order chi connectivity index (χ0) is 21.2. The molecule has 0 aliphatic heterocycles. The molecule has 6 nitrogen and oxygen atoms in total. The molecule has 2 amide bonds. The average molecular weight is 437 g/mol. The summed E-state index contributed by atoms with van der Waals surface area (Å²) in [6, 6.07) is 11.2. The van der Waals surface area contributed by atoms with Crippen LogP contribution in [-0.4, -0.2) is 31.4 Å². The van der Waals surface area contributed by atoms with Crippen molar-refractivity contribution in [1.29, 1.82) is 0 Å². The molecule has 0 atom stereocenters. The van der Waals surface area contributed by atoms with Crippen LogP contribution in [-0.2, 0) is 9.53 Å². The second kappa shape index (κ2) is 11.4. The van der Waals surface area contributed by atoms with E-state index in [4.69, 9.17) is 23.2 Å². The molecule has 0 saturated carbocycles. The Morgan fingerprint density at radius 3 is 2.14 bits per heavy atom. The van der Waals surface area contributed by atoms with Crippen molar-refractivity contribution in [2.75, 3.05) is 19.0 Å². The van der Waals surface area contributed by atoms with Gasteiger partial charge >= 0.3 is 5.97 Å². The van der Waals surface area contributed by atoms with E-state index >= 15 is 0 Å². The third kappa shape index (κ3) is 7.75. The molecule has 2 N–H and O–H groups in total. The fraction of sp³-hybridized carbons (Fsp3) is 0.286. The highest BCUT2D eigenvalue weighted by Gasteiger charge is 2.10. The van der Waals surface area contributed by atoms with Crippen molar-refractivity contribution in [3.05, 3.63) is 63.6 Å². The molecular formula is C21H22Cl2N2O4. The number of hydrogen-bond acceptors (Lipinski definition) is 4. The van der Waals surface area contributed by atoms with Gasteiger partial charge in [-0.25, -0.2) is 0 Å². The number of carbonyl (C=O) groups is 3. The summed E-state index contributed by atoms with van der Waals surface area (Å²) in [5, 5.41) is 6.31. The maximum atomic E-state index is 12.3. The van der Waals surface area contributed by atoms with Crippen molar-refractivity contribution in [3.63, 3.8) is 0 Å². The molecule has 0 radical (unpaired) electrons. The second-order valence-electron chi connectivity index (χ2n) is 6.33. The van der Waals surface area contributed by atoms with Crippen LogP contribution >= 0.6 is 23.2 Å². The number of unbranched alkanes of at least 4 members (excludes halogenated alkanes) is 2. The van der Waals surface area contributed by atoms with Crippen molar-refractivity contribution < 1.29 is 19.1 Å². The Balaban J connectivity index is 1.79. The zero-order valence-electron chi connectivity index (χ0n) is 16.0. The van der Waals surface area contributed by atoms with E-state index < -0.39 is 0 Å². The lowest BCUT2D eigenvalue weighted by molar-refractivity contribution is -0.140. The minimum Gasteiger partial charge on any atom is -0.469 e. The van der Waals surface area contributed by atoms with Crippen LogP contribution in [0.15, 0.2) is 42.5 Å². The fourth-order valence-corrected chi connectivity index (χ4v) is 3.10. The smallest absolute Gasteiger partial charge is 0.305 e. The molecule has 8 heteroatoms. The predicted octanol–water partition coefficient (Wildman–Crippen LogP) is 4.71. The molecule has 0 aliphatic rings. The van der Waals surface area contributed by atoms with Gasteiger partial charge in [-0.15, -0.1) is 0 Å². The first-order valence-electron chi connectivity index (χ1n) is 9.11. The number of anilines is 1. The Bertz CT molecular complexity index is 849. The van der Waals surface area contributed by atoms with Gasteiger partial charge in [-0.2, -0.15) is 0 Å². The number of nitrogens with one attached hydrogen (secondary N) is 2. The highest BCUT2D eigenvalue weighted by Crippen LogP contribution is 2.20. The first-order valence-corrected chi connectivity index (χ1v) is 9.87. The molecular weight excluding hydrogens is 415 g/mol. The summed E-state index contributed by atoms with van der Waals surface area (Å²) < 4.78 is 4.58. The van der Waals surface area contributed by atoms with Crippen LogP contribution in [0.4, 0.5) is 5.69 Å². The van der Waals surface area contributed by atoms with Crippen molar-refractivity contribution >= 4 is 46.7 Å². The second-order valence-corrected chi connectivity index (χ2v) is 7.21. The lowest BCUT2D eigenvalue weighted by Crippen LogP contribution is -2.24. The van der Waals surface area contributed by atoms with Crippen LogP contribution in [0.5, 0.6) is 0 Å². The third-order valence-corrected chi connectivity index (χ3v) is 4.54. The molecule has 0 aliphatic carbocycles. The average Bonchev–Trinajstić information content (AvgIpc) is 2.70. The van der Waals surface area contributed by atoms with Crippen LogP contribution in [0.25, 0.3) is 0 Å². The topological polar surface area (TPSA) is 84.5 Å². The number of esters is 1. The molecule has 0 bridgehead atoms. The molecule has 2 aromatic carbocycles. The number of ether oxygens (including phenoxy) is 1. The van der Waals surface area contributed by atoms with E-state index in [0.717, 1.165) is 19.3 Å². The van der Waals surface area contributed by atoms with E-state index in [1.807, 2.05) is 0 Å². The number of hydrogen-bond donors (Lipinski definition) is 2. The standard InChI is InChI=1S/C21H22Cl2N2O4/c1-29-19(26)5-3-2-4-10-24-20(27)14-6-8-18(9-7-14)25-21(28)15-11-16(22)13-17(23)12-15/h6-9,11-13H,2-5,10H2,1H3,(H,24,27)(H,25,28). The molecule has 0 spiro atoms. The van der Waals surface area contributed by atoms with Gasteiger partial charge < -0.3 is 15.4 Å². The number of amides is 2. The minimum atomic E-state index is -0.349. The molecule has 0 unspecified atom stereocenters. The molecule has 0 fully saturated rings. The molecule has 0 aromatic heterocycles. The summed E-state index contributed by atoms with van der Waals surface area (Å²) in [6.45, 7) is 0.522. The molecule has 29 heavy (non-hydrogen) atoms. The van der Waals surface area contributed by atoms with Crippen molar-refractivity contribution in [2.24, 2.45) is 0 Å². The van der Waals surface area contributed by atoms with Crippen LogP contribution in [0.3, 0.4) is 0 Å². The monoisotopic (exact) mass is 436 g/mol. The summed E-state index contributed by atoms with van der Waals surface area (Å²) in [5.74, 6) is -0.768. The number of benzene rings is 2. The summed E-state index contributed by atoms with van der Waals surface area (Å²) in [7, 11) is 1.37. The van der Waals surface area contributed by atoms with E-state index in [2.05, 4.69) is 15.4 Å². The molecule has 0 saturated heterocycles. The first-order chi connectivity index (χ1) is 13.9. The lowest BCUT2D eigenvalue weighted by Gasteiger charge is -2.08. The molecule has 0 heterocycles. The first kappa shape index (κ1) is 22.7. The Morgan fingerprint density at radius 2 is 1.52 bits per heavy atom. The largest absolute Gasteiger partial charge is 0.469 e. The normalized spacial score (nSPS) is 10.3.